The summed E-state index contributed by atoms with van der Waals surface area (Å²) in [5.41, 5.74) is 2.17. The summed E-state index contributed by atoms with van der Waals surface area (Å²) in [5, 5.41) is 10.8. The van der Waals surface area contributed by atoms with E-state index in [0.29, 0.717) is 59.6 Å². The van der Waals surface area contributed by atoms with Crippen molar-refractivity contribution in [1.29, 1.82) is 0 Å². The predicted molar refractivity (Wildman–Crippen MR) is 144 cm³/mol. The fourth-order valence-corrected chi connectivity index (χ4v) is 5.12. The van der Waals surface area contributed by atoms with Crippen LogP contribution in [-0.2, 0) is 15.9 Å². The Kier molecular flexibility index (Phi) is 8.14. The van der Waals surface area contributed by atoms with Crippen molar-refractivity contribution in [3.05, 3.63) is 68.2 Å². The number of anilines is 1. The third kappa shape index (κ3) is 5.34. The molecule has 9 heteroatoms. The quantitative estimate of drug-likeness (QED) is 0.460. The Bertz CT molecular complexity index is 1350. The Morgan fingerprint density at radius 3 is 2.49 bits per heavy atom. The number of fused-ring (bicyclic) bond motifs is 1. The van der Waals surface area contributed by atoms with Gasteiger partial charge in [0.25, 0.3) is 0 Å². The molecule has 200 valence electrons. The van der Waals surface area contributed by atoms with Gasteiger partial charge in [-0.25, -0.2) is 4.39 Å². The van der Waals surface area contributed by atoms with E-state index in [4.69, 9.17) is 25.8 Å². The molecule has 3 aromatic rings. The van der Waals surface area contributed by atoms with E-state index in [-0.39, 0.29) is 23.5 Å². The van der Waals surface area contributed by atoms with Gasteiger partial charge >= 0.3 is 0 Å². The van der Waals surface area contributed by atoms with Crippen molar-refractivity contribution in [3.8, 4) is 5.75 Å². The second-order valence-electron chi connectivity index (χ2n) is 9.91. The van der Waals surface area contributed by atoms with Crippen LogP contribution in [0.3, 0.4) is 0 Å². The monoisotopic (exact) mass is 532 g/mol. The van der Waals surface area contributed by atoms with Crippen LogP contribution in [-0.4, -0.2) is 62.4 Å². The van der Waals surface area contributed by atoms with Crippen LogP contribution in [0.2, 0.25) is 5.02 Å². The fraction of sp³-hybridized carbons (Fsp3) is 0.464. The van der Waals surface area contributed by atoms with Crippen LogP contribution in [0, 0.1) is 12.7 Å². The zero-order valence-electron chi connectivity index (χ0n) is 21.9. The third-order valence-corrected chi connectivity index (χ3v) is 7.57. The average Bonchev–Trinajstić information content (AvgIpc) is 2.90. The van der Waals surface area contributed by atoms with Gasteiger partial charge in [0, 0.05) is 55.5 Å². The Morgan fingerprint density at radius 2 is 1.86 bits per heavy atom. The number of aryl methyl sites for hydroxylation is 1. The number of aliphatic hydroxyl groups excluding tert-OH is 1. The van der Waals surface area contributed by atoms with Gasteiger partial charge in [0.2, 0.25) is 0 Å². The molecule has 0 radical (unpaired) electrons. The molecule has 1 atom stereocenters. The molecule has 2 heterocycles. The lowest BCUT2D eigenvalue weighted by atomic mass is 9.96. The summed E-state index contributed by atoms with van der Waals surface area (Å²) in [4.78, 5) is 15.4. The maximum absolute atomic E-state index is 15.2. The largest absolute Gasteiger partial charge is 0.496 e. The summed E-state index contributed by atoms with van der Waals surface area (Å²) < 4.78 is 33.8. The van der Waals surface area contributed by atoms with Gasteiger partial charge in [0.15, 0.2) is 5.43 Å². The highest BCUT2D eigenvalue weighted by molar-refractivity contribution is 6.31. The molecule has 0 spiro atoms. The minimum atomic E-state index is -0.713. The average molecular weight is 533 g/mol. The predicted octanol–water partition coefficient (Wildman–Crippen LogP) is 4.50. The van der Waals surface area contributed by atoms with Crippen LogP contribution in [0.15, 0.2) is 35.3 Å². The molecule has 1 saturated heterocycles. The van der Waals surface area contributed by atoms with Crippen molar-refractivity contribution >= 4 is 28.2 Å². The van der Waals surface area contributed by atoms with Gasteiger partial charge < -0.3 is 28.8 Å². The maximum atomic E-state index is 15.2. The van der Waals surface area contributed by atoms with Gasteiger partial charge in [-0.15, -0.1) is 0 Å². The lowest BCUT2D eigenvalue weighted by molar-refractivity contribution is -0.0382. The summed E-state index contributed by atoms with van der Waals surface area (Å²) in [6.07, 6.45) is 1.92. The molecule has 4 rings (SSSR count). The summed E-state index contributed by atoms with van der Waals surface area (Å²) in [5.74, 6) is 0.00776. The molecule has 0 aliphatic carbocycles. The first-order valence-corrected chi connectivity index (χ1v) is 12.7. The zero-order valence-corrected chi connectivity index (χ0v) is 22.7. The van der Waals surface area contributed by atoms with Gasteiger partial charge in [0.05, 0.1) is 49.1 Å². The highest BCUT2D eigenvalue weighted by Gasteiger charge is 2.31. The standard InChI is InChI=1S/C28H34ClFN2O5/c1-17-15-32(25(16-33)28(2,3)36-5)23-14-24(35-4)18(12-21(23)27(17)34)10-19-11-20(13-22(29)26(19)30)31-6-8-37-9-7-31/h11-15,25,33H,6-10,16H2,1-5H3. The Hall–Kier alpha value is -2.65. The van der Waals surface area contributed by atoms with Gasteiger partial charge in [-0.3, -0.25) is 4.79 Å². The molecule has 0 bridgehead atoms. The van der Waals surface area contributed by atoms with Gasteiger partial charge in [-0.2, -0.15) is 0 Å². The van der Waals surface area contributed by atoms with Crippen molar-refractivity contribution < 1.29 is 23.7 Å². The van der Waals surface area contributed by atoms with E-state index < -0.39 is 17.5 Å². The second-order valence-corrected chi connectivity index (χ2v) is 10.3. The summed E-state index contributed by atoms with van der Waals surface area (Å²) in [6, 6.07) is 6.50. The molecule has 2 aromatic carbocycles. The number of benzene rings is 2. The van der Waals surface area contributed by atoms with Crippen molar-refractivity contribution in [2.75, 3.05) is 52.0 Å². The van der Waals surface area contributed by atoms with Crippen LogP contribution in [0.5, 0.6) is 5.75 Å². The molecule has 1 aliphatic heterocycles. The number of ether oxygens (including phenoxy) is 3. The van der Waals surface area contributed by atoms with E-state index in [1.54, 1.807) is 44.5 Å². The SMILES string of the molecule is COc1cc2c(cc1Cc1cc(N3CCOCC3)cc(Cl)c1F)c(=O)c(C)cn2C(CO)C(C)(C)OC. The Balaban J connectivity index is 1.85. The molecular formula is C28H34ClFN2O5. The number of methoxy groups -OCH3 is 2. The molecule has 7 nitrogen and oxygen atoms in total. The number of hydrogen-bond acceptors (Lipinski definition) is 6. The zero-order chi connectivity index (χ0) is 26.9. The lowest BCUT2D eigenvalue weighted by Gasteiger charge is -2.35. The molecule has 1 unspecified atom stereocenters. The van der Waals surface area contributed by atoms with E-state index in [1.807, 2.05) is 18.4 Å². The van der Waals surface area contributed by atoms with Gasteiger partial charge in [-0.05, 0) is 50.1 Å². The van der Waals surface area contributed by atoms with Gasteiger partial charge in [0.1, 0.15) is 11.6 Å². The summed E-state index contributed by atoms with van der Waals surface area (Å²) in [6.45, 7) is 7.90. The van der Waals surface area contributed by atoms with E-state index in [0.717, 1.165) is 5.69 Å². The topological polar surface area (TPSA) is 73.2 Å². The Labute approximate surface area is 221 Å². The van der Waals surface area contributed by atoms with Crippen LogP contribution in [0.4, 0.5) is 10.1 Å². The smallest absolute Gasteiger partial charge is 0.192 e. The summed E-state index contributed by atoms with van der Waals surface area (Å²) in [7, 11) is 3.13. The summed E-state index contributed by atoms with van der Waals surface area (Å²) >= 11 is 6.29. The number of pyridine rings is 1. The first-order valence-electron chi connectivity index (χ1n) is 12.3. The van der Waals surface area contributed by atoms with E-state index in [2.05, 4.69) is 4.90 Å². The third-order valence-electron chi connectivity index (χ3n) is 7.30. The molecule has 37 heavy (non-hydrogen) atoms. The van der Waals surface area contributed by atoms with Crippen molar-refractivity contribution in [1.82, 2.24) is 4.57 Å². The first-order chi connectivity index (χ1) is 17.6. The van der Waals surface area contributed by atoms with Crippen molar-refractivity contribution in [2.45, 2.75) is 38.8 Å². The minimum absolute atomic E-state index is 0.0459. The number of aromatic nitrogens is 1. The van der Waals surface area contributed by atoms with Crippen LogP contribution in [0.1, 0.15) is 36.6 Å². The minimum Gasteiger partial charge on any atom is -0.496 e. The van der Waals surface area contributed by atoms with Crippen LogP contribution in [0.25, 0.3) is 10.9 Å². The van der Waals surface area contributed by atoms with Gasteiger partial charge in [-0.1, -0.05) is 11.6 Å². The number of rotatable bonds is 8. The van der Waals surface area contributed by atoms with E-state index in [9.17, 15) is 9.90 Å². The van der Waals surface area contributed by atoms with Crippen molar-refractivity contribution in [3.63, 3.8) is 0 Å². The fourth-order valence-electron chi connectivity index (χ4n) is 4.89. The molecule has 1 fully saturated rings. The number of morpholine rings is 1. The first kappa shape index (κ1) is 27.4. The highest BCUT2D eigenvalue weighted by Crippen LogP contribution is 2.34. The molecule has 1 aromatic heterocycles. The number of aliphatic hydroxyl groups is 1. The number of halogens is 2. The second kappa shape index (κ2) is 11.0. The van der Waals surface area contributed by atoms with Crippen LogP contribution < -0.4 is 15.1 Å². The van der Waals surface area contributed by atoms with Crippen LogP contribution >= 0.6 is 11.6 Å². The molecule has 1 N–H and O–H groups in total. The molecule has 0 saturated carbocycles. The lowest BCUT2D eigenvalue weighted by Crippen LogP contribution is -2.38. The Morgan fingerprint density at radius 1 is 1.16 bits per heavy atom. The number of hydrogen-bond donors (Lipinski definition) is 1. The highest BCUT2D eigenvalue weighted by atomic mass is 35.5. The number of nitrogens with zero attached hydrogens (tertiary/aromatic N) is 2. The molecule has 1 aliphatic rings. The van der Waals surface area contributed by atoms with Crippen molar-refractivity contribution in [2.24, 2.45) is 0 Å². The maximum Gasteiger partial charge on any atom is 0.192 e. The normalized spacial score (nSPS) is 15.3. The molecule has 0 amide bonds. The van der Waals surface area contributed by atoms with E-state index >= 15 is 4.39 Å². The van der Waals surface area contributed by atoms with E-state index in [1.165, 1.54) is 7.11 Å². The molecular weight excluding hydrogens is 499 g/mol.